The molecule has 3 rings (SSSR count). The molecule has 4 heteroatoms. The van der Waals surface area contributed by atoms with Crippen LogP contribution in [0.4, 0.5) is 4.39 Å². The second-order valence-corrected chi connectivity index (χ2v) is 6.71. The van der Waals surface area contributed by atoms with Crippen LogP contribution >= 0.6 is 11.8 Å². The summed E-state index contributed by atoms with van der Waals surface area (Å²) in [6, 6.07) is 5.78. The first-order valence-electron chi connectivity index (χ1n) is 7.02. The van der Waals surface area contributed by atoms with Gasteiger partial charge in [0.15, 0.2) is 0 Å². The molecule has 0 radical (unpaired) electrons. The highest BCUT2D eigenvalue weighted by Crippen LogP contribution is 2.35. The maximum Gasteiger partial charge on any atom is 0.123 e. The second kappa shape index (κ2) is 5.81. The van der Waals surface area contributed by atoms with Gasteiger partial charge in [-0.1, -0.05) is 0 Å². The number of hydrogen-bond acceptors (Lipinski definition) is 3. The quantitative estimate of drug-likeness (QED) is 0.894. The third-order valence-electron chi connectivity index (χ3n) is 3.77. The Hall–Kier alpha value is -0.580. The van der Waals surface area contributed by atoms with Crippen molar-refractivity contribution < 1.29 is 9.13 Å². The molecular weight excluding hydrogens is 261 g/mol. The van der Waals surface area contributed by atoms with Gasteiger partial charge < -0.3 is 10.1 Å². The number of ether oxygens (including phenoxy) is 1. The van der Waals surface area contributed by atoms with E-state index in [2.05, 4.69) is 12.2 Å². The Kier molecular flexibility index (Phi) is 4.10. The molecule has 2 nitrogen and oxygen atoms in total. The van der Waals surface area contributed by atoms with Gasteiger partial charge >= 0.3 is 0 Å². The van der Waals surface area contributed by atoms with Gasteiger partial charge in [-0.3, -0.25) is 0 Å². The van der Waals surface area contributed by atoms with Crippen LogP contribution in [0.5, 0.6) is 0 Å². The van der Waals surface area contributed by atoms with Crippen LogP contribution in [0, 0.1) is 5.82 Å². The van der Waals surface area contributed by atoms with E-state index < -0.39 is 0 Å². The zero-order valence-electron chi connectivity index (χ0n) is 11.2. The minimum atomic E-state index is -0.146. The maximum absolute atomic E-state index is 13.4. The van der Waals surface area contributed by atoms with Crippen LogP contribution in [0.2, 0.25) is 0 Å². The monoisotopic (exact) mass is 281 g/mol. The molecule has 2 unspecified atom stereocenters. The number of halogens is 1. The van der Waals surface area contributed by atoms with Gasteiger partial charge in [-0.15, -0.1) is 11.8 Å². The minimum Gasteiger partial charge on any atom is -0.377 e. The van der Waals surface area contributed by atoms with Crippen LogP contribution in [-0.2, 0) is 11.3 Å². The first-order valence-corrected chi connectivity index (χ1v) is 7.90. The Morgan fingerprint density at radius 3 is 2.89 bits per heavy atom. The van der Waals surface area contributed by atoms with E-state index in [9.17, 15) is 4.39 Å². The Morgan fingerprint density at radius 2 is 2.21 bits per heavy atom. The number of hydrogen-bond donors (Lipinski definition) is 1. The Balaban J connectivity index is 1.70. The summed E-state index contributed by atoms with van der Waals surface area (Å²) in [7, 11) is 0. The molecule has 1 saturated heterocycles. The van der Waals surface area contributed by atoms with Gasteiger partial charge in [0.05, 0.1) is 6.10 Å². The lowest BCUT2D eigenvalue weighted by atomic mass is 10.2. The zero-order valence-corrected chi connectivity index (χ0v) is 12.0. The molecule has 1 aromatic carbocycles. The van der Waals surface area contributed by atoms with Gasteiger partial charge in [-0.25, -0.2) is 4.39 Å². The fraction of sp³-hybridized carbons (Fsp3) is 0.600. The Labute approximate surface area is 118 Å². The molecule has 1 aliphatic heterocycles. The SMILES string of the molecule is CC1OCCC1Sc1ccc(F)cc1CNC1CC1. The van der Waals surface area contributed by atoms with Crippen molar-refractivity contribution in [3.05, 3.63) is 29.6 Å². The van der Waals surface area contributed by atoms with Crippen molar-refractivity contribution >= 4 is 11.8 Å². The topological polar surface area (TPSA) is 21.3 Å². The third-order valence-corrected chi connectivity index (χ3v) is 5.34. The van der Waals surface area contributed by atoms with Crippen molar-refractivity contribution in [2.24, 2.45) is 0 Å². The number of thioether (sulfide) groups is 1. The molecule has 1 heterocycles. The summed E-state index contributed by atoms with van der Waals surface area (Å²) in [5.74, 6) is -0.146. The van der Waals surface area contributed by atoms with Crippen molar-refractivity contribution in [2.75, 3.05) is 6.61 Å². The molecule has 0 bridgehead atoms. The molecule has 1 aliphatic carbocycles. The van der Waals surface area contributed by atoms with Crippen molar-refractivity contribution in [2.45, 2.75) is 55.0 Å². The molecule has 2 fully saturated rings. The van der Waals surface area contributed by atoms with Crippen molar-refractivity contribution in [1.29, 1.82) is 0 Å². The van der Waals surface area contributed by atoms with E-state index in [-0.39, 0.29) is 5.82 Å². The lowest BCUT2D eigenvalue weighted by molar-refractivity contribution is 0.127. The first kappa shape index (κ1) is 13.4. The normalized spacial score (nSPS) is 26.8. The summed E-state index contributed by atoms with van der Waals surface area (Å²) in [6.07, 6.45) is 3.88. The van der Waals surface area contributed by atoms with Crippen molar-refractivity contribution in [1.82, 2.24) is 5.32 Å². The van der Waals surface area contributed by atoms with Gasteiger partial charge in [0.25, 0.3) is 0 Å². The van der Waals surface area contributed by atoms with Crippen molar-refractivity contribution in [3.63, 3.8) is 0 Å². The molecule has 2 aliphatic rings. The van der Waals surface area contributed by atoms with E-state index in [0.717, 1.165) is 25.1 Å². The number of benzene rings is 1. The molecule has 0 aromatic heterocycles. The fourth-order valence-corrected chi connectivity index (χ4v) is 3.61. The fourth-order valence-electron chi connectivity index (χ4n) is 2.37. The number of rotatable bonds is 5. The molecule has 104 valence electrons. The standard InChI is InChI=1S/C15H20FNOS/c1-10-14(6-7-18-10)19-15-5-2-12(16)8-11(15)9-17-13-3-4-13/h2,5,8,10,13-14,17H,3-4,6-7,9H2,1H3. The Morgan fingerprint density at radius 1 is 1.37 bits per heavy atom. The van der Waals surface area contributed by atoms with E-state index in [4.69, 9.17) is 4.74 Å². The minimum absolute atomic E-state index is 0.146. The predicted molar refractivity (Wildman–Crippen MR) is 75.9 cm³/mol. The molecule has 1 aromatic rings. The van der Waals surface area contributed by atoms with Gasteiger partial charge in [0, 0.05) is 29.3 Å². The average Bonchev–Trinajstić information content (AvgIpc) is 3.14. The largest absolute Gasteiger partial charge is 0.377 e. The van der Waals surface area contributed by atoms with Gasteiger partial charge in [0.1, 0.15) is 5.82 Å². The molecule has 2 atom stereocenters. The van der Waals surface area contributed by atoms with Crippen LogP contribution in [0.1, 0.15) is 31.7 Å². The molecule has 19 heavy (non-hydrogen) atoms. The van der Waals surface area contributed by atoms with E-state index in [1.54, 1.807) is 12.1 Å². The van der Waals surface area contributed by atoms with E-state index in [1.165, 1.54) is 17.7 Å². The molecular formula is C15H20FNOS. The van der Waals surface area contributed by atoms with Crippen molar-refractivity contribution in [3.8, 4) is 0 Å². The second-order valence-electron chi connectivity index (χ2n) is 5.43. The van der Waals surface area contributed by atoms with Gasteiger partial charge in [-0.2, -0.15) is 0 Å². The first-order chi connectivity index (χ1) is 9.22. The Bertz CT molecular complexity index is 450. The number of nitrogens with one attached hydrogen (secondary N) is 1. The predicted octanol–water partition coefficient (Wildman–Crippen LogP) is 3.35. The molecule has 0 amide bonds. The summed E-state index contributed by atoms with van der Waals surface area (Å²) in [5.41, 5.74) is 1.08. The van der Waals surface area contributed by atoms with E-state index >= 15 is 0 Å². The smallest absolute Gasteiger partial charge is 0.123 e. The van der Waals surface area contributed by atoms with E-state index in [1.807, 2.05) is 17.8 Å². The third kappa shape index (κ3) is 3.50. The maximum atomic E-state index is 13.4. The van der Waals surface area contributed by atoms with Gasteiger partial charge in [0.2, 0.25) is 0 Å². The van der Waals surface area contributed by atoms with Gasteiger partial charge in [-0.05, 0) is 49.9 Å². The summed E-state index contributed by atoms with van der Waals surface area (Å²) in [5, 5.41) is 3.96. The lowest BCUT2D eigenvalue weighted by Gasteiger charge is -2.16. The van der Waals surface area contributed by atoms with Crippen LogP contribution in [0.25, 0.3) is 0 Å². The van der Waals surface area contributed by atoms with Crippen LogP contribution in [-0.4, -0.2) is 24.0 Å². The highest BCUT2D eigenvalue weighted by atomic mass is 32.2. The summed E-state index contributed by atoms with van der Waals surface area (Å²) in [4.78, 5) is 1.19. The molecule has 0 spiro atoms. The van der Waals surface area contributed by atoms with E-state index in [0.29, 0.717) is 17.4 Å². The molecule has 1 N–H and O–H groups in total. The van der Waals surface area contributed by atoms with Crippen LogP contribution in [0.15, 0.2) is 23.1 Å². The summed E-state index contributed by atoms with van der Waals surface area (Å²) < 4.78 is 19.0. The highest BCUT2D eigenvalue weighted by molar-refractivity contribution is 8.00. The lowest BCUT2D eigenvalue weighted by Crippen LogP contribution is -2.17. The summed E-state index contributed by atoms with van der Waals surface area (Å²) in [6.45, 7) is 3.73. The highest BCUT2D eigenvalue weighted by Gasteiger charge is 2.26. The van der Waals surface area contributed by atoms with Crippen LogP contribution in [0.3, 0.4) is 0 Å². The van der Waals surface area contributed by atoms with Crippen LogP contribution < -0.4 is 5.32 Å². The average molecular weight is 281 g/mol. The summed E-state index contributed by atoms with van der Waals surface area (Å²) >= 11 is 1.84. The molecule has 1 saturated carbocycles. The zero-order chi connectivity index (χ0) is 13.2.